The van der Waals surface area contributed by atoms with Crippen molar-refractivity contribution in [3.8, 4) is 5.69 Å². The number of benzene rings is 2. The Kier molecular flexibility index (Phi) is 4.15. The molecule has 0 spiro atoms. The highest BCUT2D eigenvalue weighted by molar-refractivity contribution is 7.22. The van der Waals surface area contributed by atoms with Crippen molar-refractivity contribution in [2.45, 2.75) is 20.4 Å². The molecule has 5 nitrogen and oxygen atoms in total. The number of hydrogen-bond donors (Lipinski definition) is 1. The first-order valence-electron chi connectivity index (χ1n) is 7.88. The molecule has 0 bridgehead atoms. The van der Waals surface area contributed by atoms with Crippen molar-refractivity contribution >= 4 is 38.3 Å². The second kappa shape index (κ2) is 6.46. The number of nitrogens with zero attached hydrogens (tertiary/aromatic N) is 4. The zero-order valence-electron chi connectivity index (χ0n) is 13.8. The minimum absolute atomic E-state index is 0.558. The van der Waals surface area contributed by atoms with Crippen LogP contribution in [-0.2, 0) is 6.54 Å². The molecule has 0 aliphatic rings. The van der Waals surface area contributed by atoms with E-state index in [9.17, 15) is 0 Å². The molecule has 25 heavy (non-hydrogen) atoms. The standard InChI is InChI=1S/C18H16ClN5S/c1-11-7-15-17(8-12(11)2)25-18(21-15)20-9-13-10-24(23-22-13)16-6-4-3-5-14(16)19/h3-8,10H,9H2,1-2H3,(H,20,21). The van der Waals surface area contributed by atoms with Gasteiger partial charge in [-0.15, -0.1) is 5.10 Å². The maximum atomic E-state index is 6.20. The molecular weight excluding hydrogens is 354 g/mol. The number of aromatic nitrogens is 4. The maximum Gasteiger partial charge on any atom is 0.184 e. The van der Waals surface area contributed by atoms with Crippen LogP contribution in [0.15, 0.2) is 42.6 Å². The van der Waals surface area contributed by atoms with E-state index in [1.165, 1.54) is 15.8 Å². The fourth-order valence-corrected chi connectivity index (χ4v) is 3.72. The summed E-state index contributed by atoms with van der Waals surface area (Å²) in [5.74, 6) is 0. The minimum Gasteiger partial charge on any atom is -0.356 e. The van der Waals surface area contributed by atoms with Crippen molar-refractivity contribution < 1.29 is 0 Å². The lowest BCUT2D eigenvalue weighted by Gasteiger charge is -2.01. The van der Waals surface area contributed by atoms with Crippen LogP contribution in [0.3, 0.4) is 0 Å². The van der Waals surface area contributed by atoms with E-state index in [0.717, 1.165) is 22.0 Å². The third-order valence-corrected chi connectivity index (χ3v) is 5.36. The first kappa shape index (κ1) is 16.1. The fraction of sp³-hybridized carbons (Fsp3) is 0.167. The van der Waals surface area contributed by atoms with Gasteiger partial charge in [-0.2, -0.15) is 0 Å². The number of aryl methyl sites for hydroxylation is 2. The maximum absolute atomic E-state index is 6.20. The van der Waals surface area contributed by atoms with Crippen LogP contribution in [-0.4, -0.2) is 20.0 Å². The van der Waals surface area contributed by atoms with Gasteiger partial charge in [0.2, 0.25) is 0 Å². The zero-order valence-corrected chi connectivity index (χ0v) is 15.4. The molecule has 0 fully saturated rings. The number of nitrogens with one attached hydrogen (secondary N) is 1. The van der Waals surface area contributed by atoms with Crippen molar-refractivity contribution in [1.82, 2.24) is 20.0 Å². The van der Waals surface area contributed by atoms with Gasteiger partial charge in [-0.1, -0.05) is 40.3 Å². The van der Waals surface area contributed by atoms with E-state index in [4.69, 9.17) is 11.6 Å². The van der Waals surface area contributed by atoms with Crippen molar-refractivity contribution in [1.29, 1.82) is 0 Å². The molecule has 4 rings (SSSR count). The molecular formula is C18H16ClN5S. The van der Waals surface area contributed by atoms with Gasteiger partial charge >= 0.3 is 0 Å². The van der Waals surface area contributed by atoms with E-state index in [-0.39, 0.29) is 0 Å². The molecule has 0 aliphatic carbocycles. The Balaban J connectivity index is 1.51. The third kappa shape index (κ3) is 3.23. The second-order valence-corrected chi connectivity index (χ2v) is 7.32. The highest BCUT2D eigenvalue weighted by atomic mass is 35.5. The molecule has 0 saturated heterocycles. The molecule has 0 atom stereocenters. The average Bonchev–Trinajstić information content (AvgIpc) is 3.20. The van der Waals surface area contributed by atoms with Gasteiger partial charge in [0.05, 0.1) is 33.7 Å². The molecule has 1 N–H and O–H groups in total. The number of thiazole rings is 1. The largest absolute Gasteiger partial charge is 0.356 e. The van der Waals surface area contributed by atoms with Crippen molar-refractivity contribution in [2.24, 2.45) is 0 Å². The van der Waals surface area contributed by atoms with Crippen molar-refractivity contribution in [2.75, 3.05) is 5.32 Å². The molecule has 2 aromatic carbocycles. The first-order chi connectivity index (χ1) is 12.1. The lowest BCUT2D eigenvalue weighted by atomic mass is 10.1. The summed E-state index contributed by atoms with van der Waals surface area (Å²) in [6, 6.07) is 11.9. The average molecular weight is 370 g/mol. The first-order valence-corrected chi connectivity index (χ1v) is 9.07. The summed E-state index contributed by atoms with van der Waals surface area (Å²) in [6.45, 7) is 4.78. The van der Waals surface area contributed by atoms with Crippen molar-refractivity contribution in [3.63, 3.8) is 0 Å². The number of fused-ring (bicyclic) bond motifs is 1. The smallest absolute Gasteiger partial charge is 0.184 e. The van der Waals surface area contributed by atoms with Gasteiger partial charge in [-0.25, -0.2) is 9.67 Å². The topological polar surface area (TPSA) is 55.6 Å². The summed E-state index contributed by atoms with van der Waals surface area (Å²) < 4.78 is 2.87. The Bertz CT molecular complexity index is 1010. The minimum atomic E-state index is 0.558. The van der Waals surface area contributed by atoms with Crippen LogP contribution in [0.5, 0.6) is 0 Å². The quantitative estimate of drug-likeness (QED) is 0.563. The lowest BCUT2D eigenvalue weighted by molar-refractivity contribution is 0.798. The van der Waals surface area contributed by atoms with E-state index in [0.29, 0.717) is 11.6 Å². The number of rotatable bonds is 4. The summed E-state index contributed by atoms with van der Waals surface area (Å²) in [7, 11) is 0. The molecule has 4 aromatic rings. The SMILES string of the molecule is Cc1cc2nc(NCc3cn(-c4ccccc4Cl)nn3)sc2cc1C. The summed E-state index contributed by atoms with van der Waals surface area (Å²) in [6.07, 6.45) is 1.87. The van der Waals surface area contributed by atoms with Gasteiger partial charge < -0.3 is 5.32 Å². The number of para-hydroxylation sites is 1. The van der Waals surface area contributed by atoms with Crippen LogP contribution in [0, 0.1) is 13.8 Å². The third-order valence-electron chi connectivity index (χ3n) is 4.06. The summed E-state index contributed by atoms with van der Waals surface area (Å²) in [4.78, 5) is 4.64. The Morgan fingerprint density at radius 3 is 2.80 bits per heavy atom. The van der Waals surface area contributed by atoms with Crippen LogP contribution in [0.4, 0.5) is 5.13 Å². The zero-order chi connectivity index (χ0) is 17.4. The normalized spacial score (nSPS) is 11.2. The highest BCUT2D eigenvalue weighted by Crippen LogP contribution is 2.28. The molecule has 0 radical (unpaired) electrons. The molecule has 2 aromatic heterocycles. The van der Waals surface area contributed by atoms with Crippen molar-refractivity contribution in [3.05, 3.63) is 64.4 Å². The number of hydrogen-bond acceptors (Lipinski definition) is 5. The van der Waals surface area contributed by atoms with Crippen LogP contribution in [0.1, 0.15) is 16.8 Å². The van der Waals surface area contributed by atoms with Gasteiger partial charge in [0, 0.05) is 0 Å². The van der Waals surface area contributed by atoms with E-state index < -0.39 is 0 Å². The molecule has 0 aliphatic heterocycles. The van der Waals surface area contributed by atoms with Gasteiger partial charge in [0.15, 0.2) is 5.13 Å². The number of anilines is 1. The number of halogens is 1. The van der Waals surface area contributed by atoms with E-state index in [1.54, 1.807) is 16.0 Å². The Labute approximate surface area is 154 Å². The van der Waals surface area contributed by atoms with Gasteiger partial charge in [-0.05, 0) is 49.2 Å². The summed E-state index contributed by atoms with van der Waals surface area (Å²) in [5, 5.41) is 13.2. The predicted molar refractivity (Wildman–Crippen MR) is 103 cm³/mol. The molecule has 2 heterocycles. The van der Waals surface area contributed by atoms with Gasteiger partial charge in [0.25, 0.3) is 0 Å². The molecule has 126 valence electrons. The van der Waals surface area contributed by atoms with E-state index in [2.05, 4.69) is 46.6 Å². The fourth-order valence-electron chi connectivity index (χ4n) is 2.56. The van der Waals surface area contributed by atoms with Crippen LogP contribution >= 0.6 is 22.9 Å². The van der Waals surface area contributed by atoms with Gasteiger partial charge in [-0.3, -0.25) is 0 Å². The molecule has 0 unspecified atom stereocenters. The molecule has 0 saturated carbocycles. The monoisotopic (exact) mass is 369 g/mol. The summed E-state index contributed by atoms with van der Waals surface area (Å²) in [5.41, 5.74) is 5.20. The molecule has 0 amide bonds. The van der Waals surface area contributed by atoms with E-state index >= 15 is 0 Å². The van der Waals surface area contributed by atoms with Crippen LogP contribution in [0.25, 0.3) is 15.9 Å². The van der Waals surface area contributed by atoms with E-state index in [1.807, 2.05) is 30.5 Å². The Morgan fingerprint density at radius 1 is 1.16 bits per heavy atom. The van der Waals surface area contributed by atoms with Crippen LogP contribution < -0.4 is 5.32 Å². The predicted octanol–water partition coefficient (Wildman–Crippen LogP) is 4.76. The summed E-state index contributed by atoms with van der Waals surface area (Å²) >= 11 is 7.85. The highest BCUT2D eigenvalue weighted by Gasteiger charge is 2.08. The molecule has 7 heteroatoms. The van der Waals surface area contributed by atoms with Crippen LogP contribution in [0.2, 0.25) is 5.02 Å². The lowest BCUT2D eigenvalue weighted by Crippen LogP contribution is -1.99. The van der Waals surface area contributed by atoms with Gasteiger partial charge in [0.1, 0.15) is 5.69 Å². The second-order valence-electron chi connectivity index (χ2n) is 5.88. The Hall–Kier alpha value is -2.44. The Morgan fingerprint density at radius 2 is 1.96 bits per heavy atom.